The summed E-state index contributed by atoms with van der Waals surface area (Å²) in [5, 5.41) is 0. The first-order chi connectivity index (χ1) is 9.81. The van der Waals surface area contributed by atoms with E-state index in [1.807, 2.05) is 0 Å². The molecule has 0 bridgehead atoms. The van der Waals surface area contributed by atoms with Crippen LogP contribution in [0.1, 0.15) is 19.3 Å². The molecule has 23 heavy (non-hydrogen) atoms. The van der Waals surface area contributed by atoms with Crippen molar-refractivity contribution in [3.05, 3.63) is 0 Å². The minimum Gasteiger partial charge on any atom is -0.286 e. The summed E-state index contributed by atoms with van der Waals surface area (Å²) in [6, 6.07) is 0. The van der Waals surface area contributed by atoms with Crippen LogP contribution in [0.25, 0.3) is 0 Å². The summed E-state index contributed by atoms with van der Waals surface area (Å²) >= 11 is 0. The van der Waals surface area contributed by atoms with E-state index in [2.05, 4.69) is 0 Å². The standard InChI is InChI=1S/C9H10F10O3S/c10-6(8(14,15)16,9(17,18)19)4-5(7(11,12)13)2-1-3-23(20,21)22/h5H,1-4H2,(H,20,21,22). The smallest absolute Gasteiger partial charge is 0.286 e. The molecule has 0 amide bonds. The van der Waals surface area contributed by atoms with E-state index in [0.717, 1.165) is 0 Å². The zero-order valence-electron chi connectivity index (χ0n) is 10.9. The molecule has 0 aliphatic heterocycles. The second-order valence-electron chi connectivity index (χ2n) is 4.67. The maximum Gasteiger partial charge on any atom is 0.431 e. The van der Waals surface area contributed by atoms with Crippen molar-refractivity contribution in [1.29, 1.82) is 0 Å². The molecule has 0 aromatic carbocycles. The predicted molar refractivity (Wildman–Crippen MR) is 55.8 cm³/mol. The summed E-state index contributed by atoms with van der Waals surface area (Å²) in [5.74, 6) is -4.73. The van der Waals surface area contributed by atoms with Gasteiger partial charge < -0.3 is 0 Å². The van der Waals surface area contributed by atoms with Crippen LogP contribution in [0.3, 0.4) is 0 Å². The van der Waals surface area contributed by atoms with Crippen molar-refractivity contribution in [3.8, 4) is 0 Å². The van der Waals surface area contributed by atoms with Gasteiger partial charge in [0.1, 0.15) is 0 Å². The van der Waals surface area contributed by atoms with Gasteiger partial charge in [-0.3, -0.25) is 4.55 Å². The fourth-order valence-electron chi connectivity index (χ4n) is 1.63. The molecule has 14 heteroatoms. The Bertz CT molecular complexity index is 475. The molecule has 1 atom stereocenters. The van der Waals surface area contributed by atoms with Crippen molar-refractivity contribution in [1.82, 2.24) is 0 Å². The molecule has 140 valence electrons. The summed E-state index contributed by atoms with van der Waals surface area (Å²) in [6.07, 6.45) is -24.5. The van der Waals surface area contributed by atoms with Gasteiger partial charge in [-0.05, 0) is 12.8 Å². The first-order valence-electron chi connectivity index (χ1n) is 5.65. The molecule has 0 spiro atoms. The van der Waals surface area contributed by atoms with Crippen LogP contribution in [-0.2, 0) is 10.1 Å². The third-order valence-corrected chi connectivity index (χ3v) is 3.65. The van der Waals surface area contributed by atoms with Gasteiger partial charge in [0.05, 0.1) is 11.7 Å². The lowest BCUT2D eigenvalue weighted by Gasteiger charge is -2.33. The molecule has 1 N–H and O–H groups in total. The first kappa shape index (κ1) is 22.2. The van der Waals surface area contributed by atoms with Gasteiger partial charge >= 0.3 is 18.5 Å². The van der Waals surface area contributed by atoms with Crippen LogP contribution in [-0.4, -0.2) is 42.9 Å². The van der Waals surface area contributed by atoms with Crippen LogP contribution in [0.15, 0.2) is 0 Å². The van der Waals surface area contributed by atoms with Crippen molar-refractivity contribution in [3.63, 3.8) is 0 Å². The number of alkyl halides is 10. The minimum atomic E-state index is -6.64. The topological polar surface area (TPSA) is 54.4 Å². The maximum absolute atomic E-state index is 13.3. The zero-order valence-corrected chi connectivity index (χ0v) is 11.7. The van der Waals surface area contributed by atoms with E-state index < -0.39 is 65.2 Å². The first-order valence-corrected chi connectivity index (χ1v) is 7.26. The Morgan fingerprint density at radius 2 is 1.22 bits per heavy atom. The molecular weight excluding hydrogens is 378 g/mol. The van der Waals surface area contributed by atoms with Gasteiger partial charge in [-0.2, -0.15) is 47.9 Å². The van der Waals surface area contributed by atoms with Gasteiger partial charge in [0.2, 0.25) is 0 Å². The molecule has 0 rings (SSSR count). The molecule has 0 saturated carbocycles. The van der Waals surface area contributed by atoms with E-state index in [4.69, 9.17) is 4.55 Å². The number of halogens is 10. The molecule has 0 aromatic rings. The van der Waals surface area contributed by atoms with Crippen molar-refractivity contribution < 1.29 is 56.9 Å². The third-order valence-electron chi connectivity index (χ3n) is 2.84. The quantitative estimate of drug-likeness (QED) is 0.552. The highest BCUT2D eigenvalue weighted by Crippen LogP contribution is 2.52. The SMILES string of the molecule is O=S(=O)(O)CCCC(CC(F)(C(F)(F)F)C(F)(F)F)C(F)(F)F. The van der Waals surface area contributed by atoms with Gasteiger partial charge in [-0.1, -0.05) is 0 Å². The number of hydrogen-bond acceptors (Lipinski definition) is 2. The Morgan fingerprint density at radius 1 is 0.826 bits per heavy atom. The molecule has 0 saturated heterocycles. The van der Waals surface area contributed by atoms with Crippen LogP contribution in [0.2, 0.25) is 0 Å². The van der Waals surface area contributed by atoms with Crippen molar-refractivity contribution in [2.24, 2.45) is 5.92 Å². The van der Waals surface area contributed by atoms with Gasteiger partial charge in [-0.15, -0.1) is 0 Å². The molecule has 0 aliphatic rings. The van der Waals surface area contributed by atoms with E-state index in [0.29, 0.717) is 0 Å². The van der Waals surface area contributed by atoms with Gasteiger partial charge in [0.25, 0.3) is 15.8 Å². The van der Waals surface area contributed by atoms with Crippen LogP contribution in [0, 0.1) is 5.92 Å². The van der Waals surface area contributed by atoms with E-state index in [1.165, 1.54) is 0 Å². The molecule has 0 aromatic heterocycles. The highest BCUT2D eigenvalue weighted by atomic mass is 32.2. The lowest BCUT2D eigenvalue weighted by Crippen LogP contribution is -2.55. The number of hydrogen-bond donors (Lipinski definition) is 1. The fraction of sp³-hybridized carbons (Fsp3) is 1.00. The summed E-state index contributed by atoms with van der Waals surface area (Å²) in [6.45, 7) is 0. The molecule has 0 fully saturated rings. The van der Waals surface area contributed by atoms with Crippen LogP contribution < -0.4 is 0 Å². The predicted octanol–water partition coefficient (Wildman–Crippen LogP) is 4.06. The second-order valence-corrected chi connectivity index (χ2v) is 6.24. The van der Waals surface area contributed by atoms with Crippen LogP contribution in [0.5, 0.6) is 0 Å². The lowest BCUT2D eigenvalue weighted by molar-refractivity contribution is -0.352. The molecule has 0 aliphatic carbocycles. The Kier molecular flexibility index (Phi) is 6.38. The zero-order chi connectivity index (χ0) is 18.9. The van der Waals surface area contributed by atoms with Gasteiger partial charge in [-0.25, -0.2) is 4.39 Å². The van der Waals surface area contributed by atoms with Gasteiger partial charge in [0.15, 0.2) is 0 Å². The molecule has 1 unspecified atom stereocenters. The number of rotatable bonds is 6. The molecule has 0 radical (unpaired) electrons. The second kappa shape index (κ2) is 6.61. The average molecular weight is 388 g/mol. The summed E-state index contributed by atoms with van der Waals surface area (Å²) < 4.78 is 153. The average Bonchev–Trinajstić information content (AvgIpc) is 2.21. The van der Waals surface area contributed by atoms with E-state index in [-0.39, 0.29) is 0 Å². The summed E-state index contributed by atoms with van der Waals surface area (Å²) in [4.78, 5) is 0. The monoisotopic (exact) mass is 388 g/mol. The Morgan fingerprint density at radius 3 is 1.48 bits per heavy atom. The van der Waals surface area contributed by atoms with Gasteiger partial charge in [0, 0.05) is 6.42 Å². The largest absolute Gasteiger partial charge is 0.431 e. The molecule has 3 nitrogen and oxygen atoms in total. The molecular formula is C9H10F10O3S. The Hall–Kier alpha value is -0.790. The van der Waals surface area contributed by atoms with Crippen molar-refractivity contribution in [2.75, 3.05) is 5.75 Å². The lowest BCUT2D eigenvalue weighted by atomic mass is 9.87. The summed E-state index contributed by atoms with van der Waals surface area (Å²) in [5.41, 5.74) is -6.10. The Balaban J connectivity index is 5.43. The normalized spacial score (nSPS) is 16.5. The van der Waals surface area contributed by atoms with Crippen molar-refractivity contribution in [2.45, 2.75) is 43.5 Å². The third kappa shape index (κ3) is 6.31. The Labute approximate surface area is 123 Å². The van der Waals surface area contributed by atoms with Crippen molar-refractivity contribution >= 4 is 10.1 Å². The summed E-state index contributed by atoms with van der Waals surface area (Å²) in [7, 11) is -4.77. The van der Waals surface area contributed by atoms with Crippen LogP contribution >= 0.6 is 0 Å². The van der Waals surface area contributed by atoms with Crippen LogP contribution in [0.4, 0.5) is 43.9 Å². The fourth-order valence-corrected chi connectivity index (χ4v) is 2.16. The highest BCUT2D eigenvalue weighted by Gasteiger charge is 2.73. The molecule has 0 heterocycles. The highest BCUT2D eigenvalue weighted by molar-refractivity contribution is 7.85. The van der Waals surface area contributed by atoms with E-state index >= 15 is 0 Å². The maximum atomic E-state index is 13.3. The van der Waals surface area contributed by atoms with E-state index in [1.54, 1.807) is 0 Å². The van der Waals surface area contributed by atoms with E-state index in [9.17, 15) is 52.3 Å². The minimum absolute atomic E-state index is 1.10.